The molecule has 1 aliphatic carbocycles. The van der Waals surface area contributed by atoms with E-state index in [4.69, 9.17) is 10.8 Å². The first kappa shape index (κ1) is 9.68. The molecular formula is C10H17N3O. The summed E-state index contributed by atoms with van der Waals surface area (Å²) in [5.41, 5.74) is 7.68. The molecule has 0 saturated heterocycles. The van der Waals surface area contributed by atoms with Gasteiger partial charge in [-0.2, -0.15) is 5.10 Å². The fraction of sp³-hybridized carbons (Fsp3) is 0.700. The lowest BCUT2D eigenvalue weighted by molar-refractivity contribution is 0.266. The molecular weight excluding hydrogens is 178 g/mol. The van der Waals surface area contributed by atoms with Gasteiger partial charge in [0.25, 0.3) is 0 Å². The standard InChI is InChI=1S/C10H17N3O/c1-7-9(10(11)6-14)5-13(12-7)8-3-2-4-8/h5,8,10,14H,2-4,6,11H2,1H3. The van der Waals surface area contributed by atoms with Crippen molar-refractivity contribution in [3.63, 3.8) is 0 Å². The molecule has 1 aliphatic rings. The summed E-state index contributed by atoms with van der Waals surface area (Å²) in [6, 6.07) is 0.275. The molecule has 1 unspecified atom stereocenters. The number of rotatable bonds is 3. The molecule has 1 heterocycles. The van der Waals surface area contributed by atoms with Crippen LogP contribution in [0.3, 0.4) is 0 Å². The normalized spacial score (nSPS) is 19.4. The van der Waals surface area contributed by atoms with E-state index in [1.54, 1.807) is 0 Å². The van der Waals surface area contributed by atoms with Crippen molar-refractivity contribution < 1.29 is 5.11 Å². The van der Waals surface area contributed by atoms with E-state index in [2.05, 4.69) is 5.10 Å². The van der Waals surface area contributed by atoms with Crippen molar-refractivity contribution >= 4 is 0 Å². The first-order valence-electron chi connectivity index (χ1n) is 5.14. The van der Waals surface area contributed by atoms with Crippen LogP contribution in [0.5, 0.6) is 0 Å². The van der Waals surface area contributed by atoms with Crippen molar-refractivity contribution in [3.05, 3.63) is 17.5 Å². The number of aliphatic hydroxyl groups excluding tert-OH is 1. The van der Waals surface area contributed by atoms with Gasteiger partial charge < -0.3 is 10.8 Å². The van der Waals surface area contributed by atoms with Gasteiger partial charge in [-0.3, -0.25) is 4.68 Å². The van der Waals surface area contributed by atoms with Gasteiger partial charge in [-0.25, -0.2) is 0 Å². The summed E-state index contributed by atoms with van der Waals surface area (Å²) in [7, 11) is 0. The Balaban J connectivity index is 2.20. The zero-order chi connectivity index (χ0) is 10.1. The quantitative estimate of drug-likeness (QED) is 0.753. The highest BCUT2D eigenvalue weighted by atomic mass is 16.3. The fourth-order valence-electron chi connectivity index (χ4n) is 1.80. The number of hydrogen-bond donors (Lipinski definition) is 2. The Labute approximate surface area is 83.7 Å². The summed E-state index contributed by atoms with van der Waals surface area (Å²) in [5.74, 6) is 0. The largest absolute Gasteiger partial charge is 0.394 e. The van der Waals surface area contributed by atoms with Gasteiger partial charge in [0.05, 0.1) is 24.4 Å². The van der Waals surface area contributed by atoms with E-state index >= 15 is 0 Å². The number of nitrogens with two attached hydrogens (primary N) is 1. The van der Waals surface area contributed by atoms with E-state index in [-0.39, 0.29) is 12.6 Å². The Morgan fingerprint density at radius 3 is 2.93 bits per heavy atom. The highest BCUT2D eigenvalue weighted by Gasteiger charge is 2.22. The summed E-state index contributed by atoms with van der Waals surface area (Å²) >= 11 is 0. The molecule has 14 heavy (non-hydrogen) atoms. The minimum absolute atomic E-state index is 0.0167. The topological polar surface area (TPSA) is 64.1 Å². The van der Waals surface area contributed by atoms with Crippen molar-refractivity contribution in [3.8, 4) is 0 Å². The minimum atomic E-state index is -0.288. The van der Waals surface area contributed by atoms with Crippen LogP contribution in [0.2, 0.25) is 0 Å². The minimum Gasteiger partial charge on any atom is -0.394 e. The van der Waals surface area contributed by atoms with Crippen LogP contribution in [0.15, 0.2) is 6.20 Å². The first-order valence-corrected chi connectivity index (χ1v) is 5.14. The monoisotopic (exact) mass is 195 g/mol. The van der Waals surface area contributed by atoms with Crippen molar-refractivity contribution in [2.45, 2.75) is 38.3 Å². The maximum Gasteiger partial charge on any atom is 0.0642 e. The third-order valence-electron chi connectivity index (χ3n) is 3.00. The number of nitrogens with zero attached hydrogens (tertiary/aromatic N) is 2. The van der Waals surface area contributed by atoms with Gasteiger partial charge in [0.2, 0.25) is 0 Å². The van der Waals surface area contributed by atoms with Crippen molar-refractivity contribution in [2.75, 3.05) is 6.61 Å². The van der Waals surface area contributed by atoms with Crippen LogP contribution in [0, 0.1) is 6.92 Å². The summed E-state index contributed by atoms with van der Waals surface area (Å²) in [4.78, 5) is 0. The number of aliphatic hydroxyl groups is 1. The van der Waals surface area contributed by atoms with Gasteiger partial charge in [0, 0.05) is 11.8 Å². The number of aromatic nitrogens is 2. The Bertz CT molecular complexity index is 317. The van der Waals surface area contributed by atoms with Gasteiger partial charge in [-0.05, 0) is 26.2 Å². The average molecular weight is 195 g/mol. The molecule has 0 radical (unpaired) electrons. The maximum absolute atomic E-state index is 8.97. The molecule has 0 amide bonds. The van der Waals surface area contributed by atoms with Gasteiger partial charge in [-0.15, -0.1) is 0 Å². The molecule has 78 valence electrons. The highest BCUT2D eigenvalue weighted by molar-refractivity contribution is 5.20. The van der Waals surface area contributed by atoms with Gasteiger partial charge in [0.1, 0.15) is 0 Å². The molecule has 0 bridgehead atoms. The zero-order valence-corrected chi connectivity index (χ0v) is 8.48. The van der Waals surface area contributed by atoms with Gasteiger partial charge in [0.15, 0.2) is 0 Å². The molecule has 2 rings (SSSR count). The van der Waals surface area contributed by atoms with E-state index in [0.29, 0.717) is 6.04 Å². The molecule has 1 saturated carbocycles. The number of aryl methyl sites for hydroxylation is 1. The van der Waals surface area contributed by atoms with Crippen LogP contribution in [-0.4, -0.2) is 21.5 Å². The van der Waals surface area contributed by atoms with Gasteiger partial charge in [-0.1, -0.05) is 0 Å². The molecule has 1 aromatic heterocycles. The second kappa shape index (κ2) is 3.71. The molecule has 1 fully saturated rings. The van der Waals surface area contributed by atoms with Crippen LogP contribution >= 0.6 is 0 Å². The maximum atomic E-state index is 8.97. The van der Waals surface area contributed by atoms with Crippen LogP contribution in [0.4, 0.5) is 0 Å². The van der Waals surface area contributed by atoms with E-state index in [1.807, 2.05) is 17.8 Å². The Morgan fingerprint density at radius 2 is 2.43 bits per heavy atom. The molecule has 3 N–H and O–H groups in total. The van der Waals surface area contributed by atoms with Crippen LogP contribution in [0.1, 0.15) is 42.6 Å². The van der Waals surface area contributed by atoms with Crippen LogP contribution in [0.25, 0.3) is 0 Å². The fourth-order valence-corrected chi connectivity index (χ4v) is 1.80. The third-order valence-corrected chi connectivity index (χ3v) is 3.00. The average Bonchev–Trinajstić information content (AvgIpc) is 2.43. The highest BCUT2D eigenvalue weighted by Crippen LogP contribution is 2.31. The van der Waals surface area contributed by atoms with E-state index in [9.17, 15) is 0 Å². The third kappa shape index (κ3) is 1.55. The van der Waals surface area contributed by atoms with E-state index < -0.39 is 0 Å². The van der Waals surface area contributed by atoms with E-state index in [0.717, 1.165) is 11.3 Å². The van der Waals surface area contributed by atoms with Crippen molar-refractivity contribution in [2.24, 2.45) is 5.73 Å². The second-order valence-corrected chi connectivity index (χ2v) is 4.02. The SMILES string of the molecule is Cc1nn(C2CCC2)cc1C(N)CO. The zero-order valence-electron chi connectivity index (χ0n) is 8.48. The summed E-state index contributed by atoms with van der Waals surface area (Å²) in [5, 5.41) is 13.4. The lowest BCUT2D eigenvalue weighted by Crippen LogP contribution is -2.17. The molecule has 0 aromatic carbocycles. The summed E-state index contributed by atoms with van der Waals surface area (Å²) in [6.45, 7) is 1.93. The lowest BCUT2D eigenvalue weighted by atomic mass is 9.93. The Hall–Kier alpha value is -0.870. The molecule has 1 atom stereocenters. The molecule has 0 aliphatic heterocycles. The molecule has 4 nitrogen and oxygen atoms in total. The summed E-state index contributed by atoms with van der Waals surface area (Å²) < 4.78 is 2.00. The molecule has 4 heteroatoms. The Morgan fingerprint density at radius 1 is 1.71 bits per heavy atom. The molecule has 0 spiro atoms. The van der Waals surface area contributed by atoms with Crippen LogP contribution in [-0.2, 0) is 0 Å². The Kier molecular flexibility index (Phi) is 2.56. The van der Waals surface area contributed by atoms with Gasteiger partial charge >= 0.3 is 0 Å². The predicted octanol–water partition coefficient (Wildman–Crippen LogP) is 0.909. The van der Waals surface area contributed by atoms with Crippen LogP contribution < -0.4 is 5.73 Å². The lowest BCUT2D eigenvalue weighted by Gasteiger charge is -2.25. The molecule has 1 aromatic rings. The first-order chi connectivity index (χ1) is 6.72. The second-order valence-electron chi connectivity index (χ2n) is 4.02. The number of hydrogen-bond acceptors (Lipinski definition) is 3. The predicted molar refractivity (Wildman–Crippen MR) is 53.9 cm³/mol. The van der Waals surface area contributed by atoms with Crippen molar-refractivity contribution in [1.82, 2.24) is 9.78 Å². The van der Waals surface area contributed by atoms with E-state index in [1.165, 1.54) is 19.3 Å². The summed E-state index contributed by atoms with van der Waals surface area (Å²) in [6.07, 6.45) is 5.72. The smallest absolute Gasteiger partial charge is 0.0642 e. The van der Waals surface area contributed by atoms with Crippen molar-refractivity contribution in [1.29, 1.82) is 0 Å².